The lowest BCUT2D eigenvalue weighted by Gasteiger charge is -2.35. The minimum absolute atomic E-state index is 0.0385. The molecule has 1 atom stereocenters. The molecular weight excluding hydrogens is 418 g/mol. The van der Waals surface area contributed by atoms with Gasteiger partial charge >= 0.3 is 6.03 Å². The number of carbonyl (C=O) groups excluding carboxylic acids is 2. The monoisotopic (exact) mass is 449 g/mol. The van der Waals surface area contributed by atoms with Crippen molar-refractivity contribution in [1.29, 1.82) is 0 Å². The van der Waals surface area contributed by atoms with Crippen LogP contribution in [0.15, 0.2) is 48.5 Å². The number of nitrogens with two attached hydrogens (primary N) is 2. The number of anilines is 1. The fraction of sp³-hybridized carbons (Fsp3) is 0.320. The van der Waals surface area contributed by atoms with Gasteiger partial charge in [-0.2, -0.15) is 5.10 Å². The molecule has 1 heterocycles. The zero-order chi connectivity index (χ0) is 24.3. The first kappa shape index (κ1) is 24.0. The van der Waals surface area contributed by atoms with Crippen LogP contribution in [-0.2, 0) is 11.8 Å². The molecule has 1 unspecified atom stereocenters. The third kappa shape index (κ3) is 5.40. The molecule has 0 aliphatic heterocycles. The molecule has 0 spiro atoms. The molecule has 0 fully saturated rings. The summed E-state index contributed by atoms with van der Waals surface area (Å²) < 4.78 is 1.68. The van der Waals surface area contributed by atoms with Crippen LogP contribution < -0.4 is 16.8 Å². The summed E-state index contributed by atoms with van der Waals surface area (Å²) in [5.41, 5.74) is 15.8. The highest BCUT2D eigenvalue weighted by molar-refractivity contribution is 5.93. The molecule has 8 nitrogen and oxygen atoms in total. The van der Waals surface area contributed by atoms with E-state index in [0.717, 1.165) is 28.9 Å². The number of amides is 3. The van der Waals surface area contributed by atoms with Crippen molar-refractivity contribution in [2.75, 3.05) is 5.32 Å². The molecule has 0 saturated heterocycles. The summed E-state index contributed by atoms with van der Waals surface area (Å²) in [6.07, 6.45) is 1.04. The molecule has 1 aliphatic carbocycles. The first-order chi connectivity index (χ1) is 15.5. The van der Waals surface area contributed by atoms with Gasteiger partial charge in [-0.05, 0) is 67.5 Å². The molecular formula is C25H31N5O3. The Morgan fingerprint density at radius 2 is 1.79 bits per heavy atom. The standard InChI is InChI=1S/C13H17NO2.C12H14N4O/c1-13(2)7-10(15)6-9-5-8(12(14)16)3-4-11(9)13;1-8-9(2)15-16(11(8)14-12(13)17)10-6-4-3-5-7-10/h3-5,10,15H,6-7H2,1-2H3,(H2,14,16);3-7H,1-2H3,(H3,13,14,17). The quantitative estimate of drug-likeness (QED) is 0.487. The number of carbonyl (C=O) groups is 2. The third-order valence-electron chi connectivity index (χ3n) is 5.92. The molecule has 1 aromatic heterocycles. The Balaban J connectivity index is 0.000000186. The Kier molecular flexibility index (Phi) is 6.88. The van der Waals surface area contributed by atoms with Crippen molar-refractivity contribution >= 4 is 17.8 Å². The predicted molar refractivity (Wildman–Crippen MR) is 129 cm³/mol. The Morgan fingerprint density at radius 1 is 1.12 bits per heavy atom. The molecule has 0 radical (unpaired) electrons. The minimum Gasteiger partial charge on any atom is -0.393 e. The number of aromatic nitrogens is 2. The summed E-state index contributed by atoms with van der Waals surface area (Å²) in [5.74, 6) is 0.196. The number of nitrogens with zero attached hydrogens (tertiary/aromatic N) is 2. The second-order valence-electron chi connectivity index (χ2n) is 8.98. The highest BCUT2D eigenvalue weighted by Gasteiger charge is 2.32. The number of urea groups is 1. The highest BCUT2D eigenvalue weighted by atomic mass is 16.3. The number of nitrogens with one attached hydrogen (secondary N) is 1. The fourth-order valence-corrected chi connectivity index (χ4v) is 4.23. The van der Waals surface area contributed by atoms with Crippen LogP contribution in [0.4, 0.5) is 10.6 Å². The van der Waals surface area contributed by atoms with Gasteiger partial charge in [-0.25, -0.2) is 9.48 Å². The number of hydrogen-bond donors (Lipinski definition) is 4. The van der Waals surface area contributed by atoms with Crippen molar-refractivity contribution in [3.8, 4) is 5.69 Å². The summed E-state index contributed by atoms with van der Waals surface area (Å²) >= 11 is 0. The van der Waals surface area contributed by atoms with E-state index in [1.807, 2.05) is 56.3 Å². The summed E-state index contributed by atoms with van der Waals surface area (Å²) in [6, 6.07) is 14.5. The van der Waals surface area contributed by atoms with Crippen LogP contribution >= 0.6 is 0 Å². The summed E-state index contributed by atoms with van der Waals surface area (Å²) in [4.78, 5) is 22.1. The van der Waals surface area contributed by atoms with Gasteiger partial charge in [-0.15, -0.1) is 0 Å². The molecule has 0 bridgehead atoms. The molecule has 1 aliphatic rings. The van der Waals surface area contributed by atoms with Crippen molar-refractivity contribution in [3.05, 3.63) is 76.5 Å². The van der Waals surface area contributed by atoms with Crippen LogP contribution in [0.2, 0.25) is 0 Å². The van der Waals surface area contributed by atoms with Crippen LogP contribution in [-0.4, -0.2) is 32.9 Å². The number of aryl methyl sites for hydroxylation is 1. The average molecular weight is 450 g/mol. The molecule has 6 N–H and O–H groups in total. The number of fused-ring (bicyclic) bond motifs is 1. The smallest absolute Gasteiger partial charge is 0.317 e. The number of hydrogen-bond acceptors (Lipinski definition) is 4. The van der Waals surface area contributed by atoms with E-state index in [2.05, 4.69) is 24.3 Å². The second-order valence-corrected chi connectivity index (χ2v) is 8.98. The summed E-state index contributed by atoms with van der Waals surface area (Å²) in [7, 11) is 0. The maximum Gasteiger partial charge on any atom is 0.317 e. The van der Waals surface area contributed by atoms with Crippen molar-refractivity contribution in [3.63, 3.8) is 0 Å². The Bertz CT molecular complexity index is 1170. The van der Waals surface area contributed by atoms with Gasteiger partial charge in [0.2, 0.25) is 5.91 Å². The lowest BCUT2D eigenvalue weighted by Crippen LogP contribution is -2.33. The Labute approximate surface area is 193 Å². The topological polar surface area (TPSA) is 136 Å². The molecule has 2 aromatic carbocycles. The SMILES string of the molecule is CC1(C)CC(O)Cc2cc(C(N)=O)ccc21.Cc1nn(-c2ccccc2)c(NC(N)=O)c1C. The number of aliphatic hydroxyl groups is 1. The van der Waals surface area contributed by atoms with E-state index in [0.29, 0.717) is 17.8 Å². The molecule has 4 rings (SSSR count). The molecule has 0 saturated carbocycles. The van der Waals surface area contributed by atoms with Gasteiger partial charge in [0.25, 0.3) is 0 Å². The lowest BCUT2D eigenvalue weighted by atomic mass is 9.71. The zero-order valence-corrected chi connectivity index (χ0v) is 19.4. The third-order valence-corrected chi connectivity index (χ3v) is 5.92. The maximum absolute atomic E-state index is 11.1. The minimum atomic E-state index is -0.592. The van der Waals surface area contributed by atoms with Gasteiger partial charge in [0, 0.05) is 11.1 Å². The fourth-order valence-electron chi connectivity index (χ4n) is 4.23. The summed E-state index contributed by atoms with van der Waals surface area (Å²) in [6.45, 7) is 8.00. The van der Waals surface area contributed by atoms with Crippen LogP contribution in [0.5, 0.6) is 0 Å². The molecule has 174 valence electrons. The van der Waals surface area contributed by atoms with Gasteiger partial charge in [-0.1, -0.05) is 38.1 Å². The van der Waals surface area contributed by atoms with Crippen molar-refractivity contribution in [2.24, 2.45) is 11.5 Å². The predicted octanol–water partition coefficient (Wildman–Crippen LogP) is 3.35. The van der Waals surface area contributed by atoms with Crippen LogP contribution in [0, 0.1) is 13.8 Å². The average Bonchev–Trinajstić information content (AvgIpc) is 3.01. The first-order valence-corrected chi connectivity index (χ1v) is 10.8. The van der Waals surface area contributed by atoms with Crippen molar-refractivity contribution in [1.82, 2.24) is 9.78 Å². The van der Waals surface area contributed by atoms with E-state index in [1.54, 1.807) is 10.7 Å². The van der Waals surface area contributed by atoms with E-state index in [1.165, 1.54) is 5.56 Å². The van der Waals surface area contributed by atoms with Gasteiger partial charge in [0.05, 0.1) is 17.5 Å². The Morgan fingerprint density at radius 3 is 2.39 bits per heavy atom. The maximum atomic E-state index is 11.1. The van der Waals surface area contributed by atoms with Gasteiger partial charge in [-0.3, -0.25) is 10.1 Å². The molecule has 3 amide bonds. The lowest BCUT2D eigenvalue weighted by molar-refractivity contribution is 0.0998. The highest BCUT2D eigenvalue weighted by Crippen LogP contribution is 2.37. The second kappa shape index (κ2) is 9.46. The number of aliphatic hydroxyl groups excluding tert-OH is 1. The van der Waals surface area contributed by atoms with Crippen molar-refractivity contribution in [2.45, 2.75) is 52.1 Å². The molecule has 8 heteroatoms. The number of para-hydroxylation sites is 1. The van der Waals surface area contributed by atoms with Gasteiger partial charge in [0.1, 0.15) is 5.82 Å². The van der Waals surface area contributed by atoms with Crippen LogP contribution in [0.3, 0.4) is 0 Å². The van der Waals surface area contributed by atoms with E-state index in [-0.39, 0.29) is 11.5 Å². The van der Waals surface area contributed by atoms with E-state index in [9.17, 15) is 14.7 Å². The van der Waals surface area contributed by atoms with Gasteiger partial charge < -0.3 is 16.6 Å². The number of primary amides is 2. The summed E-state index contributed by atoms with van der Waals surface area (Å²) in [5, 5.41) is 16.8. The zero-order valence-electron chi connectivity index (χ0n) is 19.4. The molecule has 3 aromatic rings. The first-order valence-electron chi connectivity index (χ1n) is 10.8. The normalized spacial score (nSPS) is 16.2. The van der Waals surface area contributed by atoms with Gasteiger partial charge in [0.15, 0.2) is 0 Å². The number of benzene rings is 2. The van der Waals surface area contributed by atoms with Crippen molar-refractivity contribution < 1.29 is 14.7 Å². The van der Waals surface area contributed by atoms with E-state index < -0.39 is 11.9 Å². The largest absolute Gasteiger partial charge is 0.393 e. The number of rotatable bonds is 3. The Hall–Kier alpha value is -3.65. The van der Waals surface area contributed by atoms with Crippen LogP contribution in [0.1, 0.15) is 53.0 Å². The molecule has 33 heavy (non-hydrogen) atoms. The van der Waals surface area contributed by atoms with E-state index >= 15 is 0 Å². The van der Waals surface area contributed by atoms with Crippen LogP contribution in [0.25, 0.3) is 5.69 Å². The van der Waals surface area contributed by atoms with E-state index in [4.69, 9.17) is 11.5 Å².